The van der Waals surface area contributed by atoms with Crippen LogP contribution < -0.4 is 19.6 Å². The van der Waals surface area contributed by atoms with Crippen LogP contribution in [0.5, 0.6) is 17.2 Å². The average Bonchev–Trinajstić information content (AvgIpc) is 3.35. The molecule has 2 aromatic carbocycles. The smallest absolute Gasteiger partial charge is 0.344 e. The molecule has 0 bridgehead atoms. The third-order valence-corrected chi connectivity index (χ3v) is 5.69. The highest BCUT2D eigenvalue weighted by molar-refractivity contribution is 7.99. The van der Waals surface area contributed by atoms with Crippen LogP contribution in [0, 0.1) is 0 Å². The molecule has 0 aliphatic heterocycles. The first-order chi connectivity index (χ1) is 18.4. The lowest BCUT2D eigenvalue weighted by Gasteiger charge is -2.12. The molecule has 0 aliphatic rings. The number of aromatic nitrogens is 2. The number of carbonyl (C=O) groups is 2. The molecule has 3 aromatic rings. The quantitative estimate of drug-likeness (QED) is 0.125. The monoisotopic (exact) mass is 582 g/mol. The molecular weight excluding hydrogens is 559 g/mol. The Bertz CT molecular complexity index is 1270. The molecule has 38 heavy (non-hydrogen) atoms. The van der Waals surface area contributed by atoms with Crippen LogP contribution in [-0.2, 0) is 20.9 Å². The molecule has 1 aromatic heterocycles. The number of esters is 1. The maximum absolute atomic E-state index is 12.1. The van der Waals surface area contributed by atoms with E-state index in [0.717, 1.165) is 11.8 Å². The van der Waals surface area contributed by atoms with E-state index in [1.54, 1.807) is 43.3 Å². The number of ether oxygens (including phenoxy) is 4. The SMILES string of the molecule is CCOC(=O)COc1ccc(/C=N\NC(=O)CSc2nnc(COc3ccc(Cl)cc3Cl)o2)cc1OCC. The van der Waals surface area contributed by atoms with E-state index in [4.69, 9.17) is 46.6 Å². The van der Waals surface area contributed by atoms with E-state index < -0.39 is 5.97 Å². The summed E-state index contributed by atoms with van der Waals surface area (Å²) in [6.07, 6.45) is 1.45. The van der Waals surface area contributed by atoms with Gasteiger partial charge in [-0.3, -0.25) is 4.79 Å². The fourth-order valence-electron chi connectivity index (χ4n) is 2.76. The van der Waals surface area contributed by atoms with Gasteiger partial charge in [-0.15, -0.1) is 10.2 Å². The maximum Gasteiger partial charge on any atom is 0.344 e. The highest BCUT2D eigenvalue weighted by Gasteiger charge is 2.12. The van der Waals surface area contributed by atoms with E-state index in [2.05, 4.69) is 20.7 Å². The van der Waals surface area contributed by atoms with Gasteiger partial charge in [0, 0.05) is 5.02 Å². The molecule has 0 saturated heterocycles. The number of halogens is 2. The first-order valence-corrected chi connectivity index (χ1v) is 13.0. The number of benzene rings is 2. The molecule has 1 N–H and O–H groups in total. The van der Waals surface area contributed by atoms with Crippen molar-refractivity contribution in [1.29, 1.82) is 0 Å². The fraction of sp³-hybridized carbons (Fsp3) is 0.292. The van der Waals surface area contributed by atoms with Crippen LogP contribution >= 0.6 is 35.0 Å². The van der Waals surface area contributed by atoms with Gasteiger partial charge in [0.2, 0.25) is 0 Å². The number of nitrogens with zero attached hydrogens (tertiary/aromatic N) is 3. The normalized spacial score (nSPS) is 10.8. The molecule has 0 atom stereocenters. The zero-order chi connectivity index (χ0) is 27.3. The number of amides is 1. The van der Waals surface area contributed by atoms with Gasteiger partial charge in [-0.1, -0.05) is 35.0 Å². The summed E-state index contributed by atoms with van der Waals surface area (Å²) in [6, 6.07) is 9.86. The molecule has 0 saturated carbocycles. The van der Waals surface area contributed by atoms with Crippen molar-refractivity contribution in [2.75, 3.05) is 25.6 Å². The van der Waals surface area contributed by atoms with Crippen LogP contribution in [0.2, 0.25) is 10.0 Å². The first kappa shape index (κ1) is 29.1. The zero-order valence-corrected chi connectivity index (χ0v) is 22.8. The van der Waals surface area contributed by atoms with Crippen molar-refractivity contribution in [3.8, 4) is 17.2 Å². The van der Waals surface area contributed by atoms with Crippen LogP contribution in [-0.4, -0.2) is 53.9 Å². The van der Waals surface area contributed by atoms with Crippen LogP contribution in [0.25, 0.3) is 0 Å². The largest absolute Gasteiger partial charge is 0.490 e. The third kappa shape index (κ3) is 9.43. The number of thioether (sulfide) groups is 1. The molecule has 14 heteroatoms. The van der Waals surface area contributed by atoms with Crippen molar-refractivity contribution in [2.45, 2.75) is 25.7 Å². The summed E-state index contributed by atoms with van der Waals surface area (Å²) in [5, 5.41) is 12.8. The standard InChI is InChI=1S/C24H24Cl2N4O7S/c1-3-33-20-9-15(5-7-19(20)36-13-23(32)34-4-2)11-27-28-21(31)14-38-24-30-29-22(37-24)12-35-18-8-6-16(25)10-17(18)26/h5-11H,3-4,12-14H2,1-2H3,(H,28,31)/b27-11-. The number of hydrogen-bond donors (Lipinski definition) is 1. The van der Waals surface area contributed by atoms with Gasteiger partial charge < -0.3 is 23.4 Å². The Morgan fingerprint density at radius 1 is 1.03 bits per heavy atom. The van der Waals surface area contributed by atoms with Crippen molar-refractivity contribution < 1.29 is 33.0 Å². The molecule has 11 nitrogen and oxygen atoms in total. The Morgan fingerprint density at radius 3 is 2.61 bits per heavy atom. The summed E-state index contributed by atoms with van der Waals surface area (Å²) in [4.78, 5) is 23.7. The average molecular weight is 583 g/mol. The van der Waals surface area contributed by atoms with Crippen LogP contribution in [0.4, 0.5) is 0 Å². The Labute approximate surface area is 232 Å². The molecule has 0 radical (unpaired) electrons. The molecule has 3 rings (SSSR count). The highest BCUT2D eigenvalue weighted by atomic mass is 35.5. The second kappa shape index (κ2) is 15.1. The second-order valence-corrected chi connectivity index (χ2v) is 8.91. The van der Waals surface area contributed by atoms with E-state index in [-0.39, 0.29) is 42.6 Å². The Kier molecular flexibility index (Phi) is 11.5. The summed E-state index contributed by atoms with van der Waals surface area (Å²) in [7, 11) is 0. The van der Waals surface area contributed by atoms with Gasteiger partial charge in [-0.05, 0) is 55.8 Å². The molecule has 1 amide bonds. The highest BCUT2D eigenvalue weighted by Crippen LogP contribution is 2.29. The van der Waals surface area contributed by atoms with Crippen molar-refractivity contribution in [1.82, 2.24) is 15.6 Å². The lowest BCUT2D eigenvalue weighted by molar-refractivity contribution is -0.145. The minimum atomic E-state index is -0.478. The molecule has 1 heterocycles. The molecule has 0 spiro atoms. The summed E-state index contributed by atoms with van der Waals surface area (Å²) >= 11 is 13.0. The molecular formula is C24H24Cl2N4O7S. The maximum atomic E-state index is 12.1. The van der Waals surface area contributed by atoms with E-state index in [9.17, 15) is 9.59 Å². The van der Waals surface area contributed by atoms with Crippen molar-refractivity contribution >= 4 is 53.1 Å². The lowest BCUT2D eigenvalue weighted by atomic mass is 10.2. The van der Waals surface area contributed by atoms with Crippen LogP contribution in [0.3, 0.4) is 0 Å². The van der Waals surface area contributed by atoms with E-state index >= 15 is 0 Å². The molecule has 202 valence electrons. The predicted molar refractivity (Wildman–Crippen MR) is 141 cm³/mol. The van der Waals surface area contributed by atoms with Crippen molar-refractivity contribution in [2.24, 2.45) is 5.10 Å². The minimum absolute atomic E-state index is 0.00178. The fourth-order valence-corrected chi connectivity index (χ4v) is 3.79. The summed E-state index contributed by atoms with van der Waals surface area (Å²) in [6.45, 7) is 3.97. The first-order valence-electron chi connectivity index (χ1n) is 11.3. The minimum Gasteiger partial charge on any atom is -0.490 e. The van der Waals surface area contributed by atoms with Gasteiger partial charge in [-0.2, -0.15) is 5.10 Å². The molecule has 0 fully saturated rings. The summed E-state index contributed by atoms with van der Waals surface area (Å²) in [5.74, 6) is 0.594. The topological polar surface area (TPSA) is 134 Å². The summed E-state index contributed by atoms with van der Waals surface area (Å²) in [5.41, 5.74) is 3.07. The number of hydrazone groups is 1. The second-order valence-electron chi connectivity index (χ2n) is 7.14. The van der Waals surface area contributed by atoms with Gasteiger partial charge in [0.25, 0.3) is 17.0 Å². The number of hydrogen-bond acceptors (Lipinski definition) is 11. The zero-order valence-electron chi connectivity index (χ0n) is 20.4. The van der Waals surface area contributed by atoms with Gasteiger partial charge in [-0.25, -0.2) is 10.2 Å². The van der Waals surface area contributed by atoms with E-state index in [1.807, 2.05) is 6.92 Å². The van der Waals surface area contributed by atoms with Gasteiger partial charge in [0.05, 0.1) is 30.2 Å². The lowest BCUT2D eigenvalue weighted by Crippen LogP contribution is -2.19. The Hall–Kier alpha value is -3.48. The number of rotatable bonds is 14. The van der Waals surface area contributed by atoms with E-state index in [1.165, 1.54) is 6.21 Å². The Balaban J connectivity index is 1.45. The molecule has 0 unspecified atom stereocenters. The van der Waals surface area contributed by atoms with Gasteiger partial charge in [0.1, 0.15) is 5.75 Å². The van der Waals surface area contributed by atoms with Gasteiger partial charge >= 0.3 is 5.97 Å². The van der Waals surface area contributed by atoms with E-state index in [0.29, 0.717) is 39.5 Å². The van der Waals surface area contributed by atoms with Crippen molar-refractivity contribution in [3.05, 3.63) is 57.9 Å². The third-order valence-electron chi connectivity index (χ3n) is 4.34. The van der Waals surface area contributed by atoms with Gasteiger partial charge in [0.15, 0.2) is 24.7 Å². The van der Waals surface area contributed by atoms with Crippen LogP contribution in [0.15, 0.2) is 51.1 Å². The predicted octanol–water partition coefficient (Wildman–Crippen LogP) is 4.54. The number of nitrogens with one attached hydrogen (secondary N) is 1. The number of carbonyl (C=O) groups excluding carboxylic acids is 2. The van der Waals surface area contributed by atoms with Crippen LogP contribution in [0.1, 0.15) is 25.3 Å². The Morgan fingerprint density at radius 2 is 1.84 bits per heavy atom. The van der Waals surface area contributed by atoms with Crippen molar-refractivity contribution in [3.63, 3.8) is 0 Å². The summed E-state index contributed by atoms with van der Waals surface area (Å²) < 4.78 is 26.9. The molecule has 0 aliphatic carbocycles.